The number of hydrogen-bond acceptors (Lipinski definition) is 2. The summed E-state index contributed by atoms with van der Waals surface area (Å²) in [5.41, 5.74) is 2.26. The first-order valence-electron chi connectivity index (χ1n) is 12.6. The second-order valence-corrected chi connectivity index (χ2v) is 12.2. The first-order valence-corrected chi connectivity index (χ1v) is 12.6. The summed E-state index contributed by atoms with van der Waals surface area (Å²) in [5, 5.41) is 3.52. The van der Waals surface area contributed by atoms with Crippen LogP contribution in [0.2, 0.25) is 0 Å². The highest BCUT2D eigenvalue weighted by Gasteiger charge is 2.67. The van der Waals surface area contributed by atoms with Gasteiger partial charge in [0.2, 0.25) is 0 Å². The molecule has 4 saturated carbocycles. The Bertz CT molecular complexity index is 906. The van der Waals surface area contributed by atoms with E-state index in [0.717, 1.165) is 56.9 Å². The summed E-state index contributed by atoms with van der Waals surface area (Å²) in [7, 11) is 0. The second-order valence-electron chi connectivity index (χ2n) is 12.2. The fourth-order valence-electron chi connectivity index (χ4n) is 8.88. The lowest BCUT2D eigenvalue weighted by atomic mass is 9.41. The third-order valence-electron chi connectivity index (χ3n) is 10.4. The number of fused-ring (bicyclic) bond motifs is 3. The van der Waals surface area contributed by atoms with Crippen molar-refractivity contribution in [2.75, 3.05) is 0 Å². The summed E-state index contributed by atoms with van der Waals surface area (Å²) in [4.78, 5) is 26.1. The maximum absolute atomic E-state index is 13.2. The van der Waals surface area contributed by atoms with E-state index in [1.54, 1.807) is 0 Å². The van der Waals surface area contributed by atoms with Gasteiger partial charge in [-0.25, -0.2) is 0 Å². The van der Waals surface area contributed by atoms with Gasteiger partial charge < -0.3 is 5.32 Å². The zero-order valence-electron chi connectivity index (χ0n) is 19.9. The smallest absolute Gasteiger partial charge is 0.251 e. The van der Waals surface area contributed by atoms with Crippen LogP contribution in [0.3, 0.4) is 0 Å². The second kappa shape index (κ2) is 6.93. The average molecular weight is 422 g/mol. The highest BCUT2D eigenvalue weighted by molar-refractivity contribution is 5.94. The molecule has 2 bridgehead atoms. The van der Waals surface area contributed by atoms with Crippen LogP contribution >= 0.6 is 0 Å². The van der Waals surface area contributed by atoms with E-state index < -0.39 is 0 Å². The molecule has 0 unspecified atom stereocenters. The third kappa shape index (κ3) is 3.05. The van der Waals surface area contributed by atoms with Gasteiger partial charge in [0.05, 0.1) is 0 Å². The van der Waals surface area contributed by atoms with Crippen LogP contribution in [0.1, 0.15) is 101 Å². The van der Waals surface area contributed by atoms with Crippen molar-refractivity contribution in [1.29, 1.82) is 0 Å². The summed E-state index contributed by atoms with van der Waals surface area (Å²) >= 11 is 0. The number of carbonyl (C=O) groups excluding carboxylic acids is 2. The monoisotopic (exact) mass is 421 g/mol. The number of carbonyl (C=O) groups is 2. The SMILES string of the molecule is CCc1ccc(C(=O)N[C@]2(C)CCC[C@@]3(C)[C@@H]4CC[C@@]5(C)C[C@]4(CC[C@@H]32)CC5=O)cc1. The molecule has 31 heavy (non-hydrogen) atoms. The lowest BCUT2D eigenvalue weighted by Crippen LogP contribution is -2.64. The Kier molecular flexibility index (Phi) is 4.74. The molecule has 1 aromatic carbocycles. The molecule has 3 nitrogen and oxygen atoms in total. The van der Waals surface area contributed by atoms with Gasteiger partial charge in [0.25, 0.3) is 5.91 Å². The lowest BCUT2D eigenvalue weighted by Gasteiger charge is -2.64. The highest BCUT2D eigenvalue weighted by atomic mass is 16.2. The van der Waals surface area contributed by atoms with Crippen molar-refractivity contribution in [3.05, 3.63) is 35.4 Å². The van der Waals surface area contributed by atoms with E-state index in [1.165, 1.54) is 18.4 Å². The Morgan fingerprint density at radius 1 is 1.00 bits per heavy atom. The van der Waals surface area contributed by atoms with Crippen LogP contribution in [-0.4, -0.2) is 17.2 Å². The normalized spacial score (nSPS) is 43.8. The third-order valence-corrected chi connectivity index (χ3v) is 10.4. The van der Waals surface area contributed by atoms with Crippen molar-refractivity contribution < 1.29 is 9.59 Å². The van der Waals surface area contributed by atoms with E-state index in [4.69, 9.17) is 0 Å². The number of rotatable bonds is 3. The predicted molar refractivity (Wildman–Crippen MR) is 124 cm³/mol. The molecule has 5 rings (SSSR count). The van der Waals surface area contributed by atoms with Crippen molar-refractivity contribution in [3.63, 3.8) is 0 Å². The predicted octanol–water partition coefficient (Wildman–Crippen LogP) is 6.10. The fraction of sp³-hybridized carbons (Fsp3) is 0.714. The molecule has 0 radical (unpaired) electrons. The van der Waals surface area contributed by atoms with Gasteiger partial charge in [-0.05, 0) is 98.7 Å². The van der Waals surface area contributed by atoms with Crippen LogP contribution < -0.4 is 5.32 Å². The molecular weight excluding hydrogens is 382 g/mol. The molecular formula is C28H39NO2. The van der Waals surface area contributed by atoms with E-state index in [-0.39, 0.29) is 27.7 Å². The fourth-order valence-corrected chi connectivity index (χ4v) is 8.88. The molecule has 4 aliphatic carbocycles. The standard InChI is InChI=1S/C28H39NO2/c1-5-19-7-9-20(10-8-19)24(31)29-27(4)14-6-13-26(3)21(27)12-16-28-17-23(30)25(2,18-28)15-11-22(26)28/h7-10,21-22H,5-6,11-18H2,1-4H3,(H,29,31)/t21-,22-,25-,26+,27+,28-/m0/s1. The van der Waals surface area contributed by atoms with Crippen molar-refractivity contribution in [1.82, 2.24) is 5.32 Å². The van der Waals surface area contributed by atoms with E-state index in [1.807, 2.05) is 12.1 Å². The molecule has 0 aromatic heterocycles. The molecule has 168 valence electrons. The molecule has 3 heteroatoms. The van der Waals surface area contributed by atoms with Gasteiger partial charge in [0.15, 0.2) is 0 Å². The molecule has 0 heterocycles. The maximum atomic E-state index is 13.2. The molecule has 1 amide bonds. The molecule has 6 atom stereocenters. The lowest BCUT2D eigenvalue weighted by molar-refractivity contribution is -0.137. The minimum Gasteiger partial charge on any atom is -0.347 e. The quantitative estimate of drug-likeness (QED) is 0.640. The number of amides is 1. The Morgan fingerprint density at radius 2 is 1.71 bits per heavy atom. The summed E-state index contributed by atoms with van der Waals surface area (Å²) < 4.78 is 0. The van der Waals surface area contributed by atoms with Gasteiger partial charge >= 0.3 is 0 Å². The molecule has 0 aliphatic heterocycles. The van der Waals surface area contributed by atoms with Gasteiger partial charge in [-0.3, -0.25) is 9.59 Å². The van der Waals surface area contributed by atoms with Crippen LogP contribution in [0, 0.1) is 28.1 Å². The summed E-state index contributed by atoms with van der Waals surface area (Å²) in [6.45, 7) is 9.18. The van der Waals surface area contributed by atoms with Gasteiger partial charge in [-0.2, -0.15) is 0 Å². The molecule has 1 aromatic rings. The van der Waals surface area contributed by atoms with Crippen molar-refractivity contribution in [2.45, 2.75) is 97.4 Å². The van der Waals surface area contributed by atoms with E-state index >= 15 is 0 Å². The topological polar surface area (TPSA) is 46.2 Å². The van der Waals surface area contributed by atoms with Crippen molar-refractivity contribution in [2.24, 2.45) is 28.1 Å². The maximum Gasteiger partial charge on any atom is 0.251 e. The summed E-state index contributed by atoms with van der Waals surface area (Å²) in [6.07, 6.45) is 10.9. The number of benzene rings is 1. The van der Waals surface area contributed by atoms with Crippen LogP contribution in [0.5, 0.6) is 0 Å². The zero-order chi connectivity index (χ0) is 22.1. The van der Waals surface area contributed by atoms with Gasteiger partial charge in [0, 0.05) is 22.9 Å². The molecule has 1 N–H and O–H groups in total. The number of aryl methyl sites for hydroxylation is 1. The minimum absolute atomic E-state index is 0.0590. The Morgan fingerprint density at radius 3 is 2.42 bits per heavy atom. The van der Waals surface area contributed by atoms with E-state index in [2.05, 4.69) is 45.1 Å². The molecule has 1 spiro atoms. The first kappa shape index (κ1) is 21.2. The number of Topliss-reactive ketones (excluding diaryl/α,β-unsaturated/α-hetero) is 1. The minimum atomic E-state index is -0.168. The van der Waals surface area contributed by atoms with Crippen LogP contribution in [0.25, 0.3) is 0 Å². The summed E-state index contributed by atoms with van der Waals surface area (Å²) in [6, 6.07) is 8.09. The van der Waals surface area contributed by atoms with Gasteiger partial charge in [-0.15, -0.1) is 0 Å². The highest BCUT2D eigenvalue weighted by Crippen LogP contribution is 2.71. The number of ketones is 1. The van der Waals surface area contributed by atoms with E-state index in [0.29, 0.717) is 17.6 Å². The average Bonchev–Trinajstić information content (AvgIpc) is 2.91. The van der Waals surface area contributed by atoms with Crippen LogP contribution in [-0.2, 0) is 11.2 Å². The van der Waals surface area contributed by atoms with Crippen molar-refractivity contribution >= 4 is 11.7 Å². The molecule has 4 fully saturated rings. The van der Waals surface area contributed by atoms with Crippen molar-refractivity contribution in [3.8, 4) is 0 Å². The Labute approximate surface area is 187 Å². The van der Waals surface area contributed by atoms with Gasteiger partial charge in [0.1, 0.15) is 5.78 Å². The Balaban J connectivity index is 1.41. The first-order chi connectivity index (χ1) is 14.6. The van der Waals surface area contributed by atoms with Gasteiger partial charge in [-0.1, -0.05) is 39.3 Å². The summed E-state index contributed by atoms with van der Waals surface area (Å²) in [5.74, 6) is 1.71. The van der Waals surface area contributed by atoms with Crippen LogP contribution in [0.4, 0.5) is 0 Å². The van der Waals surface area contributed by atoms with Crippen LogP contribution in [0.15, 0.2) is 24.3 Å². The number of hydrogen-bond donors (Lipinski definition) is 1. The number of nitrogens with one attached hydrogen (secondary N) is 1. The molecule has 0 saturated heterocycles. The van der Waals surface area contributed by atoms with E-state index in [9.17, 15) is 9.59 Å². The largest absolute Gasteiger partial charge is 0.347 e. The molecule has 4 aliphatic rings. The Hall–Kier alpha value is -1.64. The zero-order valence-corrected chi connectivity index (χ0v) is 19.9.